The molecule has 1 atom stereocenters. The van der Waals surface area contributed by atoms with Gasteiger partial charge in [-0.3, -0.25) is 9.78 Å². The van der Waals surface area contributed by atoms with E-state index in [1.165, 1.54) is 12.5 Å². The van der Waals surface area contributed by atoms with Crippen LogP contribution in [0.3, 0.4) is 0 Å². The highest BCUT2D eigenvalue weighted by Crippen LogP contribution is 2.30. The Kier molecular flexibility index (Phi) is 4.31. The number of amides is 1. The summed E-state index contributed by atoms with van der Waals surface area (Å²) in [7, 11) is 0. The molecule has 0 unspecified atom stereocenters. The summed E-state index contributed by atoms with van der Waals surface area (Å²) in [5, 5.41) is 3.11. The fourth-order valence-electron chi connectivity index (χ4n) is 2.70. The van der Waals surface area contributed by atoms with E-state index in [9.17, 15) is 4.79 Å². The summed E-state index contributed by atoms with van der Waals surface area (Å²) in [6, 6.07) is 5.51. The van der Waals surface area contributed by atoms with Crippen LogP contribution in [0.5, 0.6) is 0 Å². The van der Waals surface area contributed by atoms with Crippen LogP contribution in [0.25, 0.3) is 0 Å². The summed E-state index contributed by atoms with van der Waals surface area (Å²) in [4.78, 5) is 16.5. The van der Waals surface area contributed by atoms with E-state index in [4.69, 9.17) is 9.15 Å². The predicted octanol–water partition coefficient (Wildman–Crippen LogP) is 2.57. The molecule has 1 aliphatic heterocycles. The van der Waals surface area contributed by atoms with Crippen LogP contribution in [-0.2, 0) is 4.74 Å². The van der Waals surface area contributed by atoms with Gasteiger partial charge in [-0.1, -0.05) is 6.07 Å². The Balaban J connectivity index is 1.80. The Bertz CT molecular complexity index is 562. The molecule has 110 valence electrons. The number of pyridine rings is 1. The summed E-state index contributed by atoms with van der Waals surface area (Å²) in [6.07, 6.45) is 8.39. The predicted molar refractivity (Wildman–Crippen MR) is 76.7 cm³/mol. The van der Waals surface area contributed by atoms with Crippen LogP contribution in [0, 0.1) is 5.92 Å². The van der Waals surface area contributed by atoms with E-state index in [-0.39, 0.29) is 11.9 Å². The summed E-state index contributed by atoms with van der Waals surface area (Å²) >= 11 is 0. The first-order valence-electron chi connectivity index (χ1n) is 7.15. The molecular formula is C16H18N2O3. The molecule has 1 aliphatic rings. The molecule has 3 rings (SSSR count). The molecular weight excluding hydrogens is 268 g/mol. The number of aromatic nitrogens is 1. The van der Waals surface area contributed by atoms with Crippen LogP contribution >= 0.6 is 0 Å². The first-order valence-corrected chi connectivity index (χ1v) is 7.15. The maximum absolute atomic E-state index is 12.3. The zero-order valence-electron chi connectivity index (χ0n) is 11.7. The van der Waals surface area contributed by atoms with Gasteiger partial charge in [0.2, 0.25) is 0 Å². The molecule has 3 heterocycles. The topological polar surface area (TPSA) is 64.4 Å². The molecule has 1 saturated heterocycles. The normalized spacial score (nSPS) is 17.3. The third kappa shape index (κ3) is 3.31. The molecule has 0 aliphatic carbocycles. The first-order chi connectivity index (χ1) is 10.3. The molecule has 2 aromatic rings. The second-order valence-corrected chi connectivity index (χ2v) is 5.20. The Labute approximate surface area is 123 Å². The zero-order chi connectivity index (χ0) is 14.5. The van der Waals surface area contributed by atoms with Crippen molar-refractivity contribution in [3.63, 3.8) is 0 Å². The fourth-order valence-corrected chi connectivity index (χ4v) is 2.70. The molecule has 0 spiro atoms. The van der Waals surface area contributed by atoms with Gasteiger partial charge in [0, 0.05) is 25.6 Å². The second-order valence-electron chi connectivity index (χ2n) is 5.20. The summed E-state index contributed by atoms with van der Waals surface area (Å²) < 4.78 is 10.4. The van der Waals surface area contributed by atoms with Gasteiger partial charge in [0.25, 0.3) is 5.91 Å². The lowest BCUT2D eigenvalue weighted by Gasteiger charge is -2.31. The van der Waals surface area contributed by atoms with Crippen LogP contribution < -0.4 is 5.32 Å². The third-order valence-corrected chi connectivity index (χ3v) is 3.85. The first kappa shape index (κ1) is 13.8. The fraction of sp³-hybridized carbons (Fsp3) is 0.375. The van der Waals surface area contributed by atoms with Gasteiger partial charge in [0.1, 0.15) is 6.26 Å². The third-order valence-electron chi connectivity index (χ3n) is 3.85. The van der Waals surface area contributed by atoms with Crippen molar-refractivity contribution in [3.05, 3.63) is 54.2 Å². The highest BCUT2D eigenvalue weighted by Gasteiger charge is 2.27. The van der Waals surface area contributed by atoms with Crippen LogP contribution in [-0.4, -0.2) is 24.1 Å². The molecule has 5 nitrogen and oxygen atoms in total. The van der Waals surface area contributed by atoms with Gasteiger partial charge in [-0.15, -0.1) is 0 Å². The van der Waals surface area contributed by atoms with E-state index in [0.717, 1.165) is 31.6 Å². The van der Waals surface area contributed by atoms with Gasteiger partial charge >= 0.3 is 0 Å². The van der Waals surface area contributed by atoms with Crippen molar-refractivity contribution in [3.8, 4) is 0 Å². The van der Waals surface area contributed by atoms with Crippen molar-refractivity contribution in [2.75, 3.05) is 13.2 Å². The number of rotatable bonds is 4. The van der Waals surface area contributed by atoms with Gasteiger partial charge in [-0.25, -0.2) is 0 Å². The number of carbonyl (C=O) groups excluding carboxylic acids is 1. The van der Waals surface area contributed by atoms with E-state index in [2.05, 4.69) is 10.3 Å². The average Bonchev–Trinajstić information content (AvgIpc) is 3.09. The Morgan fingerprint density at radius 2 is 2.19 bits per heavy atom. The highest BCUT2D eigenvalue weighted by molar-refractivity contribution is 5.94. The van der Waals surface area contributed by atoms with Gasteiger partial charge in [-0.05, 0) is 36.5 Å². The Morgan fingerprint density at radius 3 is 2.86 bits per heavy atom. The maximum atomic E-state index is 12.3. The van der Waals surface area contributed by atoms with Gasteiger partial charge in [0.05, 0.1) is 17.9 Å². The number of nitrogens with one attached hydrogen (secondary N) is 1. The van der Waals surface area contributed by atoms with Gasteiger partial charge in [0.15, 0.2) is 0 Å². The minimum absolute atomic E-state index is 0.0509. The Hall–Kier alpha value is -2.14. The molecule has 21 heavy (non-hydrogen) atoms. The Morgan fingerprint density at radius 1 is 1.33 bits per heavy atom. The van der Waals surface area contributed by atoms with Crippen LogP contribution in [0.4, 0.5) is 0 Å². The standard InChI is InChI=1S/C16H18N2O3/c19-16(14-5-9-21-11-14)18-15(12-3-7-20-8-4-12)13-2-1-6-17-10-13/h1-2,5-6,9-12,15H,3-4,7-8H2,(H,18,19)/t15-/m0/s1. The number of furan rings is 1. The largest absolute Gasteiger partial charge is 0.472 e. The molecule has 5 heteroatoms. The summed E-state index contributed by atoms with van der Waals surface area (Å²) in [5.74, 6) is 0.239. The van der Waals surface area contributed by atoms with Crippen molar-refractivity contribution in [1.82, 2.24) is 10.3 Å². The molecule has 1 amide bonds. The number of hydrogen-bond acceptors (Lipinski definition) is 4. The molecule has 0 aromatic carbocycles. The quantitative estimate of drug-likeness (QED) is 0.938. The number of carbonyl (C=O) groups is 1. The van der Waals surface area contributed by atoms with Crippen LogP contribution in [0.15, 0.2) is 47.5 Å². The molecule has 2 aromatic heterocycles. The number of nitrogens with zero attached hydrogens (tertiary/aromatic N) is 1. The molecule has 1 N–H and O–H groups in total. The van der Waals surface area contributed by atoms with E-state index in [1.807, 2.05) is 18.3 Å². The monoisotopic (exact) mass is 286 g/mol. The smallest absolute Gasteiger partial charge is 0.255 e. The van der Waals surface area contributed by atoms with Crippen LogP contribution in [0.1, 0.15) is 34.8 Å². The second kappa shape index (κ2) is 6.54. The van der Waals surface area contributed by atoms with Gasteiger partial charge < -0.3 is 14.5 Å². The average molecular weight is 286 g/mol. The van der Waals surface area contributed by atoms with Gasteiger partial charge in [-0.2, -0.15) is 0 Å². The summed E-state index contributed by atoms with van der Waals surface area (Å²) in [6.45, 7) is 1.48. The van der Waals surface area contributed by atoms with E-state index in [0.29, 0.717) is 11.5 Å². The summed E-state index contributed by atoms with van der Waals surface area (Å²) in [5.41, 5.74) is 1.57. The SMILES string of the molecule is O=C(N[C@H](c1cccnc1)C1CCOCC1)c1ccoc1. The van der Waals surface area contributed by atoms with Crippen molar-refractivity contribution in [1.29, 1.82) is 0 Å². The zero-order valence-corrected chi connectivity index (χ0v) is 11.7. The number of hydrogen-bond donors (Lipinski definition) is 1. The lowest BCUT2D eigenvalue weighted by Crippen LogP contribution is -2.36. The molecule has 0 bridgehead atoms. The minimum atomic E-state index is -0.121. The van der Waals surface area contributed by atoms with Crippen molar-refractivity contribution in [2.24, 2.45) is 5.92 Å². The molecule has 0 saturated carbocycles. The molecule has 1 fully saturated rings. The van der Waals surface area contributed by atoms with E-state index in [1.54, 1.807) is 12.3 Å². The highest BCUT2D eigenvalue weighted by atomic mass is 16.5. The van der Waals surface area contributed by atoms with Crippen molar-refractivity contribution in [2.45, 2.75) is 18.9 Å². The van der Waals surface area contributed by atoms with E-state index < -0.39 is 0 Å². The lowest BCUT2D eigenvalue weighted by atomic mass is 9.87. The lowest BCUT2D eigenvalue weighted by molar-refractivity contribution is 0.0513. The molecule has 0 radical (unpaired) electrons. The number of ether oxygens (including phenoxy) is 1. The van der Waals surface area contributed by atoms with Crippen molar-refractivity contribution >= 4 is 5.91 Å². The van der Waals surface area contributed by atoms with E-state index >= 15 is 0 Å². The van der Waals surface area contributed by atoms with Crippen molar-refractivity contribution < 1.29 is 13.9 Å². The minimum Gasteiger partial charge on any atom is -0.472 e. The maximum Gasteiger partial charge on any atom is 0.255 e. The van der Waals surface area contributed by atoms with Crippen LogP contribution in [0.2, 0.25) is 0 Å².